The molecule has 2 aromatic heterocycles. The Bertz CT molecular complexity index is 3570. The van der Waals surface area contributed by atoms with Gasteiger partial charge in [0.15, 0.2) is 0 Å². The number of aromatic nitrogens is 3. The predicted octanol–water partition coefficient (Wildman–Crippen LogP) is 15.4. The molecule has 2 heterocycles. The topological polar surface area (TPSA) is 30.7 Å². The zero-order valence-corrected chi connectivity index (χ0v) is 33.2. The second-order valence-corrected chi connectivity index (χ2v) is 15.8. The summed E-state index contributed by atoms with van der Waals surface area (Å²) in [5.41, 5.74) is 16.9. The fraction of sp³-hybridized carbons (Fsp3) is 0. The summed E-state index contributed by atoms with van der Waals surface area (Å²) in [5, 5.41) is 7.15. The van der Waals surface area contributed by atoms with Crippen LogP contribution in [0.25, 0.3) is 116 Å². The third-order valence-electron chi connectivity index (χ3n) is 12.3. The lowest BCUT2D eigenvalue weighted by atomic mass is 9.96. The van der Waals surface area contributed by atoms with Crippen molar-refractivity contribution in [3.63, 3.8) is 0 Å². The SMILES string of the molecule is c1ccc(-c2ccc(-n3c4ccccc4c4cc(-c5cccc(-c6ccc(-c7ccc(-c8cnc9c%10ccccc%10c%10ccccc%10c9n8)cc7)cc6)c5)ccc43)cc2)cc1. The van der Waals surface area contributed by atoms with E-state index in [9.17, 15) is 0 Å². The van der Waals surface area contributed by atoms with E-state index < -0.39 is 0 Å². The monoisotopic (exact) mass is 775 g/mol. The first-order valence-corrected chi connectivity index (χ1v) is 20.8. The van der Waals surface area contributed by atoms with Crippen LogP contribution in [0.4, 0.5) is 0 Å². The fourth-order valence-electron chi connectivity index (χ4n) is 9.19. The molecule has 0 atom stereocenters. The Kier molecular flexibility index (Phi) is 8.17. The molecule has 12 aromatic rings. The zero-order chi connectivity index (χ0) is 40.3. The van der Waals surface area contributed by atoms with Gasteiger partial charge in [0.2, 0.25) is 0 Å². The molecule has 0 unspecified atom stereocenters. The van der Waals surface area contributed by atoms with Crippen molar-refractivity contribution in [3.8, 4) is 61.5 Å². The van der Waals surface area contributed by atoms with Gasteiger partial charge in [-0.3, -0.25) is 4.98 Å². The van der Waals surface area contributed by atoms with Crippen LogP contribution in [0.1, 0.15) is 0 Å². The van der Waals surface area contributed by atoms with E-state index in [1.807, 2.05) is 6.20 Å². The molecule has 0 spiro atoms. The number of fused-ring (bicyclic) bond motifs is 9. The summed E-state index contributed by atoms with van der Waals surface area (Å²) in [6, 6.07) is 78.5. The van der Waals surface area contributed by atoms with Gasteiger partial charge in [0, 0.05) is 32.8 Å². The van der Waals surface area contributed by atoms with E-state index in [2.05, 4.69) is 223 Å². The summed E-state index contributed by atoms with van der Waals surface area (Å²) >= 11 is 0. The smallest absolute Gasteiger partial charge is 0.0979 e. The van der Waals surface area contributed by atoms with Gasteiger partial charge in [-0.05, 0) is 91.7 Å². The van der Waals surface area contributed by atoms with Crippen LogP contribution < -0.4 is 0 Å². The minimum Gasteiger partial charge on any atom is -0.309 e. The molecule has 0 N–H and O–H groups in total. The molecule has 0 aliphatic heterocycles. The maximum atomic E-state index is 5.19. The van der Waals surface area contributed by atoms with E-state index >= 15 is 0 Å². The van der Waals surface area contributed by atoms with Gasteiger partial charge in [0.1, 0.15) is 0 Å². The molecule has 10 aromatic carbocycles. The first kappa shape index (κ1) is 34.9. The predicted molar refractivity (Wildman–Crippen MR) is 256 cm³/mol. The normalized spacial score (nSPS) is 11.6. The van der Waals surface area contributed by atoms with Crippen LogP contribution >= 0.6 is 0 Å². The highest BCUT2D eigenvalue weighted by Crippen LogP contribution is 2.38. The standard InChI is InChI=1S/C58H37N3/c1-2-11-38(12-3-1)41-29-32-47(33-30-41)61-55-20-9-8-17-50(55)53-36-46(31-34-56(53)61)45-14-10-13-44(35-45)42-23-21-39(22-24-42)40-25-27-43(28-26-40)54-37-59-57-51-18-6-4-15-48(51)49-16-5-7-19-52(49)58(57)60-54/h1-37H. The van der Waals surface area contributed by atoms with E-state index in [1.165, 1.54) is 71.5 Å². The lowest BCUT2D eigenvalue weighted by Crippen LogP contribution is -1.93. The molecule has 0 aliphatic carbocycles. The Morgan fingerprint density at radius 3 is 1.39 bits per heavy atom. The van der Waals surface area contributed by atoms with Gasteiger partial charge in [-0.1, -0.05) is 182 Å². The summed E-state index contributed by atoms with van der Waals surface area (Å²) < 4.78 is 2.38. The molecule has 0 fully saturated rings. The van der Waals surface area contributed by atoms with E-state index in [-0.39, 0.29) is 0 Å². The largest absolute Gasteiger partial charge is 0.309 e. The van der Waals surface area contributed by atoms with Crippen molar-refractivity contribution in [2.24, 2.45) is 0 Å². The minimum atomic E-state index is 0.869. The van der Waals surface area contributed by atoms with Crippen LogP contribution in [0.5, 0.6) is 0 Å². The van der Waals surface area contributed by atoms with Gasteiger partial charge in [-0.15, -0.1) is 0 Å². The Morgan fingerprint density at radius 1 is 0.279 bits per heavy atom. The van der Waals surface area contributed by atoms with E-state index in [0.29, 0.717) is 0 Å². The van der Waals surface area contributed by atoms with Gasteiger partial charge in [-0.25, -0.2) is 4.98 Å². The Labute approximate surface area is 353 Å². The van der Waals surface area contributed by atoms with Gasteiger partial charge in [0.25, 0.3) is 0 Å². The number of nitrogens with zero attached hydrogens (tertiary/aromatic N) is 3. The second kappa shape index (κ2) is 14.3. The van der Waals surface area contributed by atoms with Crippen molar-refractivity contribution in [1.82, 2.24) is 14.5 Å². The van der Waals surface area contributed by atoms with Crippen LogP contribution in [-0.2, 0) is 0 Å². The third-order valence-corrected chi connectivity index (χ3v) is 12.3. The van der Waals surface area contributed by atoms with Crippen molar-refractivity contribution in [1.29, 1.82) is 0 Å². The molecule has 0 radical (unpaired) electrons. The molecule has 0 bridgehead atoms. The maximum Gasteiger partial charge on any atom is 0.0979 e. The lowest BCUT2D eigenvalue weighted by molar-refractivity contribution is 1.18. The first-order valence-electron chi connectivity index (χ1n) is 20.8. The Hall–Kier alpha value is -8.14. The minimum absolute atomic E-state index is 0.869. The highest BCUT2D eigenvalue weighted by molar-refractivity contribution is 6.23. The van der Waals surface area contributed by atoms with Crippen molar-refractivity contribution in [2.45, 2.75) is 0 Å². The van der Waals surface area contributed by atoms with Crippen LogP contribution in [0, 0.1) is 0 Å². The van der Waals surface area contributed by atoms with Gasteiger partial charge < -0.3 is 4.57 Å². The molecular weight excluding hydrogens is 739 g/mol. The molecule has 12 rings (SSSR count). The van der Waals surface area contributed by atoms with Crippen molar-refractivity contribution < 1.29 is 0 Å². The first-order chi connectivity index (χ1) is 30.2. The molecule has 3 heteroatoms. The van der Waals surface area contributed by atoms with Gasteiger partial charge in [-0.2, -0.15) is 0 Å². The number of rotatable bonds is 6. The average molecular weight is 776 g/mol. The third kappa shape index (κ3) is 5.98. The molecule has 284 valence electrons. The van der Waals surface area contributed by atoms with Gasteiger partial charge in [0.05, 0.1) is 34.0 Å². The molecule has 0 saturated heterocycles. The number of hydrogen-bond acceptors (Lipinski definition) is 2. The van der Waals surface area contributed by atoms with E-state index in [0.717, 1.165) is 44.3 Å². The van der Waals surface area contributed by atoms with Crippen molar-refractivity contribution in [2.75, 3.05) is 0 Å². The van der Waals surface area contributed by atoms with Crippen LogP contribution in [0.3, 0.4) is 0 Å². The molecule has 3 nitrogen and oxygen atoms in total. The molecule has 0 aliphatic rings. The zero-order valence-electron chi connectivity index (χ0n) is 33.2. The van der Waals surface area contributed by atoms with E-state index in [1.54, 1.807) is 0 Å². The van der Waals surface area contributed by atoms with Gasteiger partial charge >= 0.3 is 0 Å². The highest BCUT2D eigenvalue weighted by atomic mass is 15.0. The van der Waals surface area contributed by atoms with Crippen molar-refractivity contribution in [3.05, 3.63) is 225 Å². The van der Waals surface area contributed by atoms with Crippen molar-refractivity contribution >= 4 is 54.4 Å². The molecule has 61 heavy (non-hydrogen) atoms. The summed E-state index contributed by atoms with van der Waals surface area (Å²) in [6.45, 7) is 0. The van der Waals surface area contributed by atoms with Crippen LogP contribution in [0.15, 0.2) is 225 Å². The summed E-state index contributed by atoms with van der Waals surface area (Å²) in [5.74, 6) is 0. The van der Waals surface area contributed by atoms with E-state index in [4.69, 9.17) is 9.97 Å². The summed E-state index contributed by atoms with van der Waals surface area (Å²) in [6.07, 6.45) is 1.91. The lowest BCUT2D eigenvalue weighted by Gasteiger charge is -2.11. The molecule has 0 saturated carbocycles. The molecular formula is C58H37N3. The van der Waals surface area contributed by atoms with Crippen LogP contribution in [0.2, 0.25) is 0 Å². The fourth-order valence-corrected chi connectivity index (χ4v) is 9.19. The molecule has 0 amide bonds. The summed E-state index contributed by atoms with van der Waals surface area (Å²) in [7, 11) is 0. The number of para-hydroxylation sites is 1. The summed E-state index contributed by atoms with van der Waals surface area (Å²) in [4.78, 5) is 10.2. The average Bonchev–Trinajstić information content (AvgIpc) is 3.68. The van der Waals surface area contributed by atoms with Crippen LogP contribution in [-0.4, -0.2) is 14.5 Å². The highest BCUT2D eigenvalue weighted by Gasteiger charge is 2.15. The Morgan fingerprint density at radius 2 is 0.721 bits per heavy atom. The second-order valence-electron chi connectivity index (χ2n) is 15.8. The quantitative estimate of drug-likeness (QED) is 0.158. The number of benzene rings is 10. The number of hydrogen-bond donors (Lipinski definition) is 0. The Balaban J connectivity index is 0.826. The maximum absolute atomic E-state index is 5.19.